The first-order valence-corrected chi connectivity index (χ1v) is 7.00. The van der Waals surface area contributed by atoms with Crippen molar-refractivity contribution in [2.75, 3.05) is 0 Å². The lowest BCUT2D eigenvalue weighted by atomic mass is 9.83. The van der Waals surface area contributed by atoms with E-state index in [0.29, 0.717) is 10.9 Å². The van der Waals surface area contributed by atoms with Crippen molar-refractivity contribution in [3.8, 4) is 0 Å². The van der Waals surface area contributed by atoms with E-state index in [0.717, 1.165) is 4.57 Å². The summed E-state index contributed by atoms with van der Waals surface area (Å²) >= 11 is 5.77. The summed E-state index contributed by atoms with van der Waals surface area (Å²) in [5.74, 6) is -0.819. The smallest absolute Gasteiger partial charge is 0.443 e. The zero-order chi connectivity index (χ0) is 16.8. The van der Waals surface area contributed by atoms with Crippen molar-refractivity contribution >= 4 is 41.3 Å². The number of aryl methyl sites for hydroxylation is 1. The number of nitrogens with zero attached hydrogens (tertiary/aromatic N) is 1. The minimum absolute atomic E-state index is 0.137. The minimum Gasteiger partial charge on any atom is -0.443 e. The number of benzene rings is 1. The van der Waals surface area contributed by atoms with Crippen molar-refractivity contribution in [1.82, 2.24) is 4.57 Å². The molecule has 2 N–H and O–H groups in total. The molecule has 0 fully saturated rings. The Balaban J connectivity index is 2.82. The van der Waals surface area contributed by atoms with Crippen molar-refractivity contribution in [3.05, 3.63) is 28.5 Å². The number of halogens is 2. The van der Waals surface area contributed by atoms with E-state index in [-0.39, 0.29) is 16.1 Å². The van der Waals surface area contributed by atoms with Gasteiger partial charge in [0.05, 0.1) is 16.1 Å². The fraction of sp³-hybridized carbons (Fsp3) is 0.357. The molecule has 0 saturated carbocycles. The molecule has 118 valence electrons. The van der Waals surface area contributed by atoms with E-state index < -0.39 is 24.6 Å². The number of carbonyl (C=O) groups is 1. The third-order valence-corrected chi connectivity index (χ3v) is 3.43. The molecule has 2 rings (SSSR count). The maximum Gasteiger partial charge on any atom is 0.506 e. The second-order valence-electron chi connectivity index (χ2n) is 5.96. The number of rotatable bonds is 1. The zero-order valence-electron chi connectivity index (χ0n) is 12.6. The first-order valence-electron chi connectivity index (χ1n) is 6.63. The van der Waals surface area contributed by atoms with Gasteiger partial charge in [-0.25, -0.2) is 13.8 Å². The highest BCUT2D eigenvalue weighted by atomic mass is 35.5. The molecule has 0 bridgehead atoms. The SMILES string of the molecule is Cc1c(B(O)O)n(C(=O)OC(C)(C)C)c2c(F)c(Cl)ccc12. The molecule has 0 radical (unpaired) electrons. The largest absolute Gasteiger partial charge is 0.506 e. The second-order valence-corrected chi connectivity index (χ2v) is 6.36. The molecular formula is C14H16BClFNO4. The molecule has 0 atom stereocenters. The van der Waals surface area contributed by atoms with E-state index in [9.17, 15) is 19.2 Å². The third-order valence-electron chi connectivity index (χ3n) is 3.14. The van der Waals surface area contributed by atoms with E-state index in [4.69, 9.17) is 16.3 Å². The van der Waals surface area contributed by atoms with Gasteiger partial charge >= 0.3 is 13.2 Å². The summed E-state index contributed by atoms with van der Waals surface area (Å²) in [4.78, 5) is 12.4. The van der Waals surface area contributed by atoms with E-state index in [1.807, 2.05) is 0 Å². The van der Waals surface area contributed by atoms with Gasteiger partial charge < -0.3 is 14.8 Å². The molecule has 0 saturated heterocycles. The Labute approximate surface area is 132 Å². The van der Waals surface area contributed by atoms with Crippen LogP contribution in [-0.4, -0.2) is 33.4 Å². The van der Waals surface area contributed by atoms with Gasteiger partial charge in [-0.2, -0.15) is 0 Å². The maximum absolute atomic E-state index is 14.4. The van der Waals surface area contributed by atoms with Gasteiger partial charge in [-0.05, 0) is 39.3 Å². The molecule has 1 aromatic heterocycles. The number of fused-ring (bicyclic) bond motifs is 1. The zero-order valence-corrected chi connectivity index (χ0v) is 13.4. The monoisotopic (exact) mass is 327 g/mol. The molecule has 1 aromatic carbocycles. The quantitative estimate of drug-likeness (QED) is 0.788. The van der Waals surface area contributed by atoms with Gasteiger partial charge in [0.2, 0.25) is 0 Å². The molecule has 0 aliphatic rings. The van der Waals surface area contributed by atoms with Crippen molar-refractivity contribution in [2.24, 2.45) is 0 Å². The average molecular weight is 328 g/mol. The summed E-state index contributed by atoms with van der Waals surface area (Å²) in [5, 5.41) is 19.3. The number of aromatic nitrogens is 1. The van der Waals surface area contributed by atoms with Crippen LogP contribution >= 0.6 is 11.6 Å². The Morgan fingerprint density at radius 3 is 2.45 bits per heavy atom. The number of hydrogen-bond donors (Lipinski definition) is 2. The van der Waals surface area contributed by atoms with Crippen LogP contribution in [0.5, 0.6) is 0 Å². The molecule has 22 heavy (non-hydrogen) atoms. The molecule has 8 heteroatoms. The summed E-state index contributed by atoms with van der Waals surface area (Å²) in [5.41, 5.74) is -0.743. The predicted octanol–water partition coefficient (Wildman–Crippen LogP) is 2.21. The predicted molar refractivity (Wildman–Crippen MR) is 83.1 cm³/mol. The molecule has 1 heterocycles. The summed E-state index contributed by atoms with van der Waals surface area (Å²) < 4.78 is 20.4. The number of hydrogen-bond acceptors (Lipinski definition) is 4. The van der Waals surface area contributed by atoms with Gasteiger partial charge in [0.15, 0.2) is 5.82 Å². The van der Waals surface area contributed by atoms with Crippen LogP contribution in [0.3, 0.4) is 0 Å². The molecule has 2 aromatic rings. The van der Waals surface area contributed by atoms with Gasteiger partial charge in [0.1, 0.15) is 5.60 Å². The fourth-order valence-corrected chi connectivity index (χ4v) is 2.45. The standard InChI is InChI=1S/C14H16BClFNO4/c1-7-8-5-6-9(16)10(17)11(8)18(12(7)15(20)21)13(19)22-14(2,3)4/h5-6,20-21H,1-4H3. The summed E-state index contributed by atoms with van der Waals surface area (Å²) in [6, 6.07) is 2.86. The molecular weight excluding hydrogens is 311 g/mol. The Hall–Kier alpha value is -1.57. The summed E-state index contributed by atoms with van der Waals surface area (Å²) in [6.45, 7) is 6.52. The third kappa shape index (κ3) is 2.84. The van der Waals surface area contributed by atoms with Crippen molar-refractivity contribution in [2.45, 2.75) is 33.3 Å². The van der Waals surface area contributed by atoms with Gasteiger partial charge in [0, 0.05) is 5.39 Å². The Morgan fingerprint density at radius 2 is 1.95 bits per heavy atom. The highest BCUT2D eigenvalue weighted by Crippen LogP contribution is 2.28. The van der Waals surface area contributed by atoms with Crippen LogP contribution in [0, 0.1) is 12.7 Å². The molecule has 0 spiro atoms. The van der Waals surface area contributed by atoms with Gasteiger partial charge in [-0.1, -0.05) is 17.7 Å². The first kappa shape index (κ1) is 16.8. The molecule has 0 amide bonds. The lowest BCUT2D eigenvalue weighted by molar-refractivity contribution is 0.0546. The first-order chi connectivity index (χ1) is 10.0. The molecule has 0 aliphatic carbocycles. The average Bonchev–Trinajstić information content (AvgIpc) is 2.66. The van der Waals surface area contributed by atoms with Crippen molar-refractivity contribution in [3.63, 3.8) is 0 Å². The highest BCUT2D eigenvalue weighted by molar-refractivity contribution is 6.59. The Kier molecular flexibility index (Phi) is 4.25. The van der Waals surface area contributed by atoms with Crippen LogP contribution in [0.1, 0.15) is 26.3 Å². The van der Waals surface area contributed by atoms with Crippen LogP contribution in [0.4, 0.5) is 9.18 Å². The van der Waals surface area contributed by atoms with Gasteiger partial charge in [-0.3, -0.25) is 0 Å². The molecule has 5 nitrogen and oxygen atoms in total. The van der Waals surface area contributed by atoms with E-state index >= 15 is 0 Å². The van der Waals surface area contributed by atoms with E-state index in [1.54, 1.807) is 27.7 Å². The Bertz CT molecular complexity index is 752. The lowest BCUT2D eigenvalue weighted by Gasteiger charge is -2.21. The molecule has 0 unspecified atom stereocenters. The van der Waals surface area contributed by atoms with Crippen molar-refractivity contribution in [1.29, 1.82) is 0 Å². The summed E-state index contributed by atoms with van der Waals surface area (Å²) in [7, 11) is -1.96. The van der Waals surface area contributed by atoms with E-state index in [2.05, 4.69) is 0 Å². The van der Waals surface area contributed by atoms with Crippen LogP contribution < -0.4 is 5.59 Å². The Morgan fingerprint density at radius 1 is 1.36 bits per heavy atom. The minimum atomic E-state index is -1.96. The fourth-order valence-electron chi connectivity index (χ4n) is 2.29. The van der Waals surface area contributed by atoms with Crippen molar-refractivity contribution < 1.29 is 24.0 Å². The number of carbonyl (C=O) groups excluding carboxylic acids is 1. The molecule has 0 aliphatic heterocycles. The topological polar surface area (TPSA) is 71.7 Å². The normalized spacial score (nSPS) is 11.8. The van der Waals surface area contributed by atoms with Gasteiger partial charge in [-0.15, -0.1) is 0 Å². The number of ether oxygens (including phenoxy) is 1. The van der Waals surface area contributed by atoms with Gasteiger partial charge in [0.25, 0.3) is 0 Å². The van der Waals surface area contributed by atoms with Crippen LogP contribution in [0.2, 0.25) is 5.02 Å². The lowest BCUT2D eigenvalue weighted by Crippen LogP contribution is -2.42. The van der Waals surface area contributed by atoms with Crippen LogP contribution in [0.15, 0.2) is 12.1 Å². The summed E-state index contributed by atoms with van der Waals surface area (Å²) in [6.07, 6.45) is -0.908. The van der Waals surface area contributed by atoms with Crippen LogP contribution in [0.25, 0.3) is 10.9 Å². The highest BCUT2D eigenvalue weighted by Gasteiger charge is 2.31. The van der Waals surface area contributed by atoms with E-state index in [1.165, 1.54) is 12.1 Å². The second kappa shape index (κ2) is 5.57. The van der Waals surface area contributed by atoms with Crippen LogP contribution in [-0.2, 0) is 4.74 Å². The maximum atomic E-state index is 14.4.